The molecule has 0 spiro atoms. The quantitative estimate of drug-likeness (QED) is 0.134. The Bertz CT molecular complexity index is 661. The first-order valence-corrected chi connectivity index (χ1v) is 13.2. The number of allylic oxidation sites excluding steroid dienone is 1. The second-order valence-electron chi connectivity index (χ2n) is 9.82. The van der Waals surface area contributed by atoms with Gasteiger partial charge in [-0.25, -0.2) is 4.79 Å². The molecule has 1 N–H and O–H groups in total. The highest BCUT2D eigenvalue weighted by Crippen LogP contribution is 2.37. The van der Waals surface area contributed by atoms with Gasteiger partial charge >= 0.3 is 12.0 Å². The van der Waals surface area contributed by atoms with Crippen LogP contribution in [0.1, 0.15) is 98.3 Å². The number of carbonyl (C=O) groups excluding carboxylic acids is 2. The summed E-state index contributed by atoms with van der Waals surface area (Å²) in [5.41, 5.74) is -0.160. The Morgan fingerprint density at radius 2 is 1.62 bits per heavy atom. The third kappa shape index (κ3) is 9.05. The highest BCUT2D eigenvalue weighted by molar-refractivity contribution is 6.01. The van der Waals surface area contributed by atoms with E-state index in [1.54, 1.807) is 4.90 Å². The standard InChI is InChI=1S/C27H48N2O5/c1-6-26(7-2,17-18-29-23(30)22-28(10-5)25(29)33)15-11-13-19-34-20-14-12-16-27(8-3,9-4)21-24(31)32/h8H,3,6-7,9-22H2,1-2,4-5H3,(H,31,32). The molecule has 0 aromatic carbocycles. The third-order valence-electron chi connectivity index (χ3n) is 7.98. The number of unbranched alkanes of at least 4 members (excludes halogenated alkanes) is 2. The van der Waals surface area contributed by atoms with Crippen LogP contribution in [0.2, 0.25) is 0 Å². The normalized spacial score (nSPS) is 16.2. The van der Waals surface area contributed by atoms with Crippen LogP contribution >= 0.6 is 0 Å². The van der Waals surface area contributed by atoms with Gasteiger partial charge in [0.2, 0.25) is 5.91 Å². The van der Waals surface area contributed by atoms with Crippen LogP contribution in [0.4, 0.5) is 4.79 Å². The molecule has 0 radical (unpaired) electrons. The van der Waals surface area contributed by atoms with Crippen molar-refractivity contribution in [2.45, 2.75) is 98.3 Å². The van der Waals surface area contributed by atoms with Crippen LogP contribution in [-0.4, -0.2) is 65.7 Å². The van der Waals surface area contributed by atoms with E-state index >= 15 is 0 Å². The minimum atomic E-state index is -0.769. The number of rotatable bonds is 20. The lowest BCUT2D eigenvalue weighted by molar-refractivity contribution is -0.139. The molecule has 1 aliphatic rings. The van der Waals surface area contributed by atoms with Crippen molar-refractivity contribution in [3.8, 4) is 0 Å². The highest BCUT2D eigenvalue weighted by atomic mass is 16.5. The molecule has 1 rings (SSSR count). The summed E-state index contributed by atoms with van der Waals surface area (Å²) in [4.78, 5) is 38.7. The van der Waals surface area contributed by atoms with E-state index in [2.05, 4.69) is 20.4 Å². The monoisotopic (exact) mass is 480 g/mol. The summed E-state index contributed by atoms with van der Waals surface area (Å²) in [6, 6.07) is -0.144. The molecule has 3 amide bonds. The van der Waals surface area contributed by atoms with Crippen LogP contribution in [0, 0.1) is 10.8 Å². The van der Waals surface area contributed by atoms with Gasteiger partial charge in [-0.05, 0) is 56.3 Å². The molecular formula is C27H48N2O5. The molecule has 34 heavy (non-hydrogen) atoms. The van der Waals surface area contributed by atoms with E-state index in [1.165, 1.54) is 4.90 Å². The number of amides is 3. The van der Waals surface area contributed by atoms with Crippen molar-refractivity contribution in [3.05, 3.63) is 12.7 Å². The number of likely N-dealkylation sites (N-methyl/N-ethyl adjacent to an activating group) is 1. The molecule has 1 fully saturated rings. The van der Waals surface area contributed by atoms with Crippen LogP contribution in [0.25, 0.3) is 0 Å². The Kier molecular flexibility index (Phi) is 13.5. The van der Waals surface area contributed by atoms with Gasteiger partial charge in [0.1, 0.15) is 6.54 Å². The number of ether oxygens (including phenoxy) is 1. The second kappa shape index (κ2) is 15.2. The van der Waals surface area contributed by atoms with Gasteiger partial charge < -0.3 is 14.7 Å². The average Bonchev–Trinajstić information content (AvgIpc) is 3.11. The van der Waals surface area contributed by atoms with Crippen LogP contribution < -0.4 is 0 Å². The molecule has 1 atom stereocenters. The van der Waals surface area contributed by atoms with E-state index in [0.29, 0.717) is 19.7 Å². The Balaban J connectivity index is 2.30. The molecule has 0 aromatic heterocycles. The van der Waals surface area contributed by atoms with E-state index < -0.39 is 5.97 Å². The van der Waals surface area contributed by atoms with Crippen molar-refractivity contribution in [1.29, 1.82) is 0 Å². The van der Waals surface area contributed by atoms with E-state index in [9.17, 15) is 14.4 Å². The average molecular weight is 481 g/mol. The highest BCUT2D eigenvalue weighted by Gasteiger charge is 2.36. The van der Waals surface area contributed by atoms with E-state index in [0.717, 1.165) is 70.8 Å². The summed E-state index contributed by atoms with van der Waals surface area (Å²) in [6.45, 7) is 14.9. The number of imide groups is 1. The van der Waals surface area contributed by atoms with Crippen molar-refractivity contribution < 1.29 is 24.2 Å². The first-order chi connectivity index (χ1) is 16.2. The van der Waals surface area contributed by atoms with Crippen LogP contribution in [0.5, 0.6) is 0 Å². The molecule has 0 aromatic rings. The molecule has 196 valence electrons. The van der Waals surface area contributed by atoms with Crippen molar-refractivity contribution in [3.63, 3.8) is 0 Å². The Morgan fingerprint density at radius 1 is 1.00 bits per heavy atom. The largest absolute Gasteiger partial charge is 0.481 e. The molecule has 0 aliphatic carbocycles. The Morgan fingerprint density at radius 3 is 2.09 bits per heavy atom. The van der Waals surface area contributed by atoms with Gasteiger partial charge in [0.05, 0.1) is 6.42 Å². The summed E-state index contributed by atoms with van der Waals surface area (Å²) in [7, 11) is 0. The predicted molar refractivity (Wildman–Crippen MR) is 136 cm³/mol. The number of nitrogens with zero attached hydrogens (tertiary/aromatic N) is 2. The molecule has 1 saturated heterocycles. The smallest absolute Gasteiger partial charge is 0.327 e. The number of hydrogen-bond donors (Lipinski definition) is 1. The third-order valence-corrected chi connectivity index (χ3v) is 7.98. The number of aliphatic carboxylic acids is 1. The maximum absolute atomic E-state index is 12.4. The van der Waals surface area contributed by atoms with Gasteiger partial charge in [-0.2, -0.15) is 0 Å². The zero-order valence-electron chi connectivity index (χ0n) is 22.1. The molecule has 1 unspecified atom stereocenters. The molecule has 1 aliphatic heterocycles. The maximum Gasteiger partial charge on any atom is 0.327 e. The molecule has 7 heteroatoms. The van der Waals surface area contributed by atoms with E-state index in [4.69, 9.17) is 9.84 Å². The minimum absolute atomic E-state index is 0.0754. The molecule has 0 saturated carbocycles. The summed E-state index contributed by atoms with van der Waals surface area (Å²) < 4.78 is 5.83. The van der Waals surface area contributed by atoms with Gasteiger partial charge in [0, 0.05) is 26.3 Å². The van der Waals surface area contributed by atoms with E-state index in [1.807, 2.05) is 19.9 Å². The van der Waals surface area contributed by atoms with Crippen molar-refractivity contribution >= 4 is 17.9 Å². The zero-order valence-corrected chi connectivity index (χ0v) is 22.1. The Hall–Kier alpha value is -1.89. The summed E-state index contributed by atoms with van der Waals surface area (Å²) in [6.07, 6.45) is 11.5. The number of urea groups is 1. The maximum atomic E-state index is 12.4. The van der Waals surface area contributed by atoms with Gasteiger partial charge in [0.15, 0.2) is 0 Å². The van der Waals surface area contributed by atoms with Crippen molar-refractivity contribution in [2.75, 3.05) is 32.8 Å². The summed E-state index contributed by atoms with van der Waals surface area (Å²) >= 11 is 0. The zero-order chi connectivity index (χ0) is 25.6. The summed E-state index contributed by atoms with van der Waals surface area (Å²) in [5.74, 6) is -0.844. The predicted octanol–water partition coefficient (Wildman–Crippen LogP) is 5.88. The fraction of sp³-hybridized carbons (Fsp3) is 0.815. The SMILES string of the molecule is C=CC(CC)(CCCCOCCCCC(CC)(CC)CCN1C(=O)CN(CC)C1=O)CC(=O)O. The van der Waals surface area contributed by atoms with Gasteiger partial charge in [0.25, 0.3) is 0 Å². The first kappa shape index (κ1) is 30.1. The van der Waals surface area contributed by atoms with Crippen molar-refractivity contribution in [1.82, 2.24) is 9.80 Å². The Labute approximate surface area is 206 Å². The minimum Gasteiger partial charge on any atom is -0.481 e. The number of carbonyl (C=O) groups is 3. The fourth-order valence-corrected chi connectivity index (χ4v) is 4.99. The number of carboxylic acid groups (broad SMARTS) is 1. The van der Waals surface area contributed by atoms with Gasteiger partial charge in [-0.15, -0.1) is 6.58 Å². The topological polar surface area (TPSA) is 87.2 Å². The lowest BCUT2D eigenvalue weighted by Crippen LogP contribution is -2.36. The van der Waals surface area contributed by atoms with Crippen LogP contribution in [-0.2, 0) is 14.3 Å². The lowest BCUT2D eigenvalue weighted by Gasteiger charge is -2.33. The number of hydrogen-bond acceptors (Lipinski definition) is 4. The summed E-state index contributed by atoms with van der Waals surface area (Å²) in [5, 5.41) is 9.15. The number of carboxylic acids is 1. The molecule has 7 nitrogen and oxygen atoms in total. The van der Waals surface area contributed by atoms with E-state index in [-0.39, 0.29) is 35.7 Å². The first-order valence-electron chi connectivity index (χ1n) is 13.2. The van der Waals surface area contributed by atoms with Gasteiger partial charge in [-0.3, -0.25) is 14.5 Å². The molecule has 0 bridgehead atoms. The fourth-order valence-electron chi connectivity index (χ4n) is 4.99. The molecule has 1 heterocycles. The van der Waals surface area contributed by atoms with Crippen LogP contribution in [0.3, 0.4) is 0 Å². The molecular weight excluding hydrogens is 432 g/mol. The lowest BCUT2D eigenvalue weighted by atomic mass is 9.75. The van der Waals surface area contributed by atoms with Gasteiger partial charge in [-0.1, -0.05) is 52.5 Å². The second-order valence-corrected chi connectivity index (χ2v) is 9.82. The van der Waals surface area contributed by atoms with Crippen molar-refractivity contribution in [2.24, 2.45) is 10.8 Å². The van der Waals surface area contributed by atoms with Crippen LogP contribution in [0.15, 0.2) is 12.7 Å².